The number of nitrogens with two attached hydrogens (primary N) is 1. The van der Waals surface area contributed by atoms with E-state index in [9.17, 15) is 18.0 Å². The molecule has 1 atom stereocenters. The zero-order valence-corrected chi connectivity index (χ0v) is 15.9. The van der Waals surface area contributed by atoms with Gasteiger partial charge in [0.1, 0.15) is 6.54 Å². The van der Waals surface area contributed by atoms with E-state index >= 15 is 0 Å². The SMILES string of the molecule is COC(=O)CNS(=O)(=O)c1cccc(NC(=O)[C@@H](N)CC(C)C)c1.Cl. The molecule has 1 aromatic rings. The van der Waals surface area contributed by atoms with Crippen LogP contribution in [0.2, 0.25) is 0 Å². The van der Waals surface area contributed by atoms with Crippen LogP contribution < -0.4 is 15.8 Å². The summed E-state index contributed by atoms with van der Waals surface area (Å²) in [4.78, 5) is 23.0. The maximum absolute atomic E-state index is 12.1. The number of methoxy groups -OCH3 is 1. The van der Waals surface area contributed by atoms with Crippen molar-refractivity contribution in [3.05, 3.63) is 24.3 Å². The number of ether oxygens (including phenoxy) is 1. The van der Waals surface area contributed by atoms with E-state index in [1.54, 1.807) is 6.07 Å². The van der Waals surface area contributed by atoms with Gasteiger partial charge in [-0.1, -0.05) is 19.9 Å². The third-order valence-electron chi connectivity index (χ3n) is 3.11. The summed E-state index contributed by atoms with van der Waals surface area (Å²) in [5.41, 5.74) is 6.10. The Morgan fingerprint density at radius 1 is 1.28 bits per heavy atom. The van der Waals surface area contributed by atoms with Crippen LogP contribution in [0.15, 0.2) is 29.2 Å². The van der Waals surface area contributed by atoms with E-state index in [1.165, 1.54) is 18.2 Å². The Kier molecular flexibility index (Phi) is 9.65. The van der Waals surface area contributed by atoms with Gasteiger partial charge in [-0.2, -0.15) is 4.72 Å². The van der Waals surface area contributed by atoms with E-state index < -0.39 is 28.6 Å². The zero-order valence-electron chi connectivity index (χ0n) is 14.3. The van der Waals surface area contributed by atoms with Gasteiger partial charge in [-0.05, 0) is 30.5 Å². The molecule has 0 spiro atoms. The molecule has 142 valence electrons. The molecule has 0 heterocycles. The lowest BCUT2D eigenvalue weighted by molar-refractivity contribution is -0.139. The fourth-order valence-corrected chi connectivity index (χ4v) is 2.91. The summed E-state index contributed by atoms with van der Waals surface area (Å²) in [6.07, 6.45) is 0.518. The molecule has 8 nitrogen and oxygen atoms in total. The molecule has 0 aliphatic carbocycles. The van der Waals surface area contributed by atoms with Gasteiger partial charge >= 0.3 is 5.97 Å². The standard InChI is InChI=1S/C15H23N3O5S.ClH/c1-10(2)7-13(16)15(20)18-11-5-4-6-12(8-11)24(21,22)17-9-14(19)23-3;/h4-6,8,10,13,17H,7,9,16H2,1-3H3,(H,18,20);1H/t13-;/m0./s1. The molecule has 0 radical (unpaired) electrons. The van der Waals surface area contributed by atoms with Crippen LogP contribution in [0, 0.1) is 5.92 Å². The Bertz CT molecular complexity index is 694. The third-order valence-corrected chi connectivity index (χ3v) is 4.51. The Labute approximate surface area is 154 Å². The summed E-state index contributed by atoms with van der Waals surface area (Å²) in [7, 11) is -2.74. The van der Waals surface area contributed by atoms with Gasteiger partial charge < -0.3 is 15.8 Å². The van der Waals surface area contributed by atoms with Crippen molar-refractivity contribution in [3.63, 3.8) is 0 Å². The van der Waals surface area contributed by atoms with E-state index in [0.29, 0.717) is 12.1 Å². The van der Waals surface area contributed by atoms with Crippen LogP contribution in [0.25, 0.3) is 0 Å². The highest BCUT2D eigenvalue weighted by Gasteiger charge is 2.18. The first-order valence-corrected chi connectivity index (χ1v) is 8.87. The number of hydrogen-bond donors (Lipinski definition) is 3. The Morgan fingerprint density at radius 2 is 1.92 bits per heavy atom. The molecule has 1 rings (SSSR count). The lowest BCUT2D eigenvalue weighted by atomic mass is 10.0. The van der Waals surface area contributed by atoms with Gasteiger partial charge in [0, 0.05) is 5.69 Å². The predicted octanol–water partition coefficient (Wildman–Crippen LogP) is 0.872. The van der Waals surface area contributed by atoms with E-state index in [2.05, 4.69) is 14.8 Å². The molecular weight excluding hydrogens is 370 g/mol. The van der Waals surface area contributed by atoms with Crippen LogP contribution in [-0.4, -0.2) is 40.0 Å². The van der Waals surface area contributed by atoms with Gasteiger partial charge in [0.2, 0.25) is 15.9 Å². The van der Waals surface area contributed by atoms with Crippen LogP contribution >= 0.6 is 12.4 Å². The van der Waals surface area contributed by atoms with Gasteiger partial charge in [-0.15, -0.1) is 12.4 Å². The van der Waals surface area contributed by atoms with Crippen LogP contribution in [0.4, 0.5) is 5.69 Å². The van der Waals surface area contributed by atoms with Crippen LogP contribution in [0.3, 0.4) is 0 Å². The molecule has 25 heavy (non-hydrogen) atoms. The molecule has 0 saturated heterocycles. The third kappa shape index (κ3) is 7.82. The highest BCUT2D eigenvalue weighted by molar-refractivity contribution is 7.89. The molecule has 0 unspecified atom stereocenters. The number of esters is 1. The highest BCUT2D eigenvalue weighted by Crippen LogP contribution is 2.16. The fourth-order valence-electron chi connectivity index (χ4n) is 1.90. The lowest BCUT2D eigenvalue weighted by Crippen LogP contribution is -2.36. The maximum atomic E-state index is 12.1. The van der Waals surface area contributed by atoms with Crippen molar-refractivity contribution in [1.82, 2.24) is 4.72 Å². The number of anilines is 1. The summed E-state index contributed by atoms with van der Waals surface area (Å²) in [5, 5.41) is 2.59. The molecule has 0 saturated carbocycles. The number of carbonyl (C=O) groups is 2. The summed E-state index contributed by atoms with van der Waals surface area (Å²) >= 11 is 0. The van der Waals surface area contributed by atoms with Crippen molar-refractivity contribution >= 4 is 40.0 Å². The van der Waals surface area contributed by atoms with Crippen molar-refractivity contribution in [3.8, 4) is 0 Å². The van der Waals surface area contributed by atoms with Crippen molar-refractivity contribution in [1.29, 1.82) is 0 Å². The average molecular weight is 394 g/mol. The lowest BCUT2D eigenvalue weighted by Gasteiger charge is -2.14. The molecule has 0 aliphatic heterocycles. The van der Waals surface area contributed by atoms with Gasteiger partial charge in [-0.3, -0.25) is 9.59 Å². The fraction of sp³-hybridized carbons (Fsp3) is 0.467. The molecule has 0 fully saturated rings. The Hall–Kier alpha value is -1.68. The molecule has 4 N–H and O–H groups in total. The number of carbonyl (C=O) groups excluding carboxylic acids is 2. The summed E-state index contributed by atoms with van der Waals surface area (Å²) in [5.74, 6) is -0.830. The number of benzene rings is 1. The maximum Gasteiger partial charge on any atom is 0.320 e. The van der Waals surface area contributed by atoms with Gasteiger partial charge in [0.05, 0.1) is 18.0 Å². The quantitative estimate of drug-likeness (QED) is 0.562. The van der Waals surface area contributed by atoms with E-state index in [0.717, 1.165) is 7.11 Å². The first-order chi connectivity index (χ1) is 11.2. The normalized spacial score (nSPS) is 12.2. The minimum absolute atomic E-state index is 0. The Balaban J connectivity index is 0.00000576. The molecule has 1 amide bonds. The second-order valence-electron chi connectivity index (χ2n) is 5.65. The number of halogens is 1. The average Bonchev–Trinajstić information content (AvgIpc) is 2.52. The molecule has 10 heteroatoms. The van der Waals surface area contributed by atoms with Crippen molar-refractivity contribution < 1.29 is 22.7 Å². The molecule has 0 aliphatic rings. The summed E-state index contributed by atoms with van der Waals surface area (Å²) in [6.45, 7) is 3.43. The molecule has 0 aromatic heterocycles. The Morgan fingerprint density at radius 3 is 2.48 bits per heavy atom. The molecule has 0 bridgehead atoms. The first-order valence-electron chi connectivity index (χ1n) is 7.38. The number of rotatable bonds is 8. The van der Waals surface area contributed by atoms with Crippen molar-refractivity contribution in [2.45, 2.75) is 31.2 Å². The second kappa shape index (κ2) is 10.3. The topological polar surface area (TPSA) is 128 Å². The monoisotopic (exact) mass is 393 g/mol. The minimum atomic E-state index is -3.90. The van der Waals surface area contributed by atoms with Crippen LogP contribution in [0.5, 0.6) is 0 Å². The first kappa shape index (κ1) is 23.3. The van der Waals surface area contributed by atoms with Gasteiger partial charge in [-0.25, -0.2) is 8.42 Å². The highest BCUT2D eigenvalue weighted by atomic mass is 35.5. The molecule has 1 aromatic carbocycles. The van der Waals surface area contributed by atoms with E-state index in [4.69, 9.17) is 5.73 Å². The minimum Gasteiger partial charge on any atom is -0.468 e. The largest absolute Gasteiger partial charge is 0.468 e. The van der Waals surface area contributed by atoms with E-state index in [-0.39, 0.29) is 29.1 Å². The number of nitrogens with one attached hydrogen (secondary N) is 2. The van der Waals surface area contributed by atoms with Gasteiger partial charge in [0.15, 0.2) is 0 Å². The van der Waals surface area contributed by atoms with Crippen molar-refractivity contribution in [2.75, 3.05) is 19.0 Å². The number of hydrogen-bond acceptors (Lipinski definition) is 6. The summed E-state index contributed by atoms with van der Waals surface area (Å²) < 4.78 is 30.7. The predicted molar refractivity (Wildman–Crippen MR) is 97.0 cm³/mol. The second-order valence-corrected chi connectivity index (χ2v) is 7.42. The van der Waals surface area contributed by atoms with Crippen LogP contribution in [0.1, 0.15) is 20.3 Å². The number of sulfonamides is 1. The van der Waals surface area contributed by atoms with Gasteiger partial charge in [0.25, 0.3) is 0 Å². The summed E-state index contributed by atoms with van der Waals surface area (Å²) in [6, 6.07) is 5.00. The zero-order chi connectivity index (χ0) is 18.3. The number of amides is 1. The molecular formula is C15H24ClN3O5S. The van der Waals surface area contributed by atoms with Crippen molar-refractivity contribution in [2.24, 2.45) is 11.7 Å². The smallest absolute Gasteiger partial charge is 0.320 e. The van der Waals surface area contributed by atoms with Crippen LogP contribution in [-0.2, 0) is 24.3 Å². The van der Waals surface area contributed by atoms with E-state index in [1.807, 2.05) is 13.8 Å².